The van der Waals surface area contributed by atoms with E-state index < -0.39 is 15.5 Å². The number of alkyl halides is 3. The van der Waals surface area contributed by atoms with E-state index in [4.69, 9.17) is 0 Å². The molecule has 0 bridgehead atoms. The molecule has 164 valence electrons. The number of amides is 1. The SMILES string of the molecule is CCC(C)NC(=O)CCNC(=NC)NCC1CCN(S(=O)(=O)C(F)(F)F)CC1. The molecule has 0 radical (unpaired) electrons. The number of guanidine groups is 1. The number of hydrogen-bond donors (Lipinski definition) is 3. The molecule has 1 unspecified atom stereocenters. The van der Waals surface area contributed by atoms with Crippen molar-refractivity contribution in [2.24, 2.45) is 10.9 Å². The van der Waals surface area contributed by atoms with Gasteiger partial charge in [0, 0.05) is 45.7 Å². The minimum atomic E-state index is -5.26. The van der Waals surface area contributed by atoms with Gasteiger partial charge >= 0.3 is 15.5 Å². The van der Waals surface area contributed by atoms with Crippen molar-refractivity contribution in [1.82, 2.24) is 20.3 Å². The number of aliphatic imine (C=N–C) groups is 1. The van der Waals surface area contributed by atoms with Gasteiger partial charge in [0.15, 0.2) is 5.96 Å². The summed E-state index contributed by atoms with van der Waals surface area (Å²) >= 11 is 0. The first-order valence-electron chi connectivity index (χ1n) is 9.31. The summed E-state index contributed by atoms with van der Waals surface area (Å²) in [7, 11) is -3.67. The number of hydrogen-bond acceptors (Lipinski definition) is 4. The molecule has 0 aromatic carbocycles. The summed E-state index contributed by atoms with van der Waals surface area (Å²) in [4.78, 5) is 15.8. The maximum absolute atomic E-state index is 12.6. The monoisotopic (exact) mass is 429 g/mol. The molecule has 0 spiro atoms. The maximum atomic E-state index is 12.6. The third-order valence-corrected chi connectivity index (χ3v) is 6.28. The van der Waals surface area contributed by atoms with E-state index in [9.17, 15) is 26.4 Å². The highest BCUT2D eigenvalue weighted by Gasteiger charge is 2.50. The first-order valence-corrected chi connectivity index (χ1v) is 10.8. The Kier molecular flexibility index (Phi) is 9.48. The highest BCUT2D eigenvalue weighted by Crippen LogP contribution is 2.30. The van der Waals surface area contributed by atoms with Crippen molar-refractivity contribution < 1.29 is 26.4 Å². The van der Waals surface area contributed by atoms with Crippen LogP contribution in [0.15, 0.2) is 4.99 Å². The van der Waals surface area contributed by atoms with Crippen LogP contribution in [0.25, 0.3) is 0 Å². The lowest BCUT2D eigenvalue weighted by atomic mass is 9.98. The zero-order chi connectivity index (χ0) is 21.4. The van der Waals surface area contributed by atoms with Gasteiger partial charge in [-0.2, -0.15) is 17.5 Å². The number of carbonyl (C=O) groups is 1. The number of nitrogens with one attached hydrogen (secondary N) is 3. The van der Waals surface area contributed by atoms with Gasteiger partial charge in [-0.25, -0.2) is 8.42 Å². The van der Waals surface area contributed by atoms with Crippen molar-refractivity contribution in [3.05, 3.63) is 0 Å². The van der Waals surface area contributed by atoms with Crippen molar-refractivity contribution in [3.63, 3.8) is 0 Å². The van der Waals surface area contributed by atoms with E-state index in [0.717, 1.165) is 6.42 Å². The first kappa shape index (κ1) is 24.5. The van der Waals surface area contributed by atoms with Gasteiger partial charge in [-0.15, -0.1) is 0 Å². The Hall–Kier alpha value is -1.56. The summed E-state index contributed by atoms with van der Waals surface area (Å²) in [6.07, 6.45) is 1.80. The van der Waals surface area contributed by atoms with Crippen molar-refractivity contribution in [3.8, 4) is 0 Å². The normalized spacial score (nSPS) is 18.6. The van der Waals surface area contributed by atoms with E-state index >= 15 is 0 Å². The van der Waals surface area contributed by atoms with Gasteiger partial charge in [0.2, 0.25) is 5.91 Å². The molecule has 1 saturated heterocycles. The summed E-state index contributed by atoms with van der Waals surface area (Å²) < 4.78 is 61.1. The molecular formula is C16H30F3N5O3S. The van der Waals surface area contributed by atoms with Gasteiger partial charge in [0.1, 0.15) is 0 Å². The maximum Gasteiger partial charge on any atom is 0.511 e. The van der Waals surface area contributed by atoms with Gasteiger partial charge in [-0.1, -0.05) is 6.92 Å². The minimum Gasteiger partial charge on any atom is -0.356 e. The van der Waals surface area contributed by atoms with Gasteiger partial charge in [-0.3, -0.25) is 9.79 Å². The summed E-state index contributed by atoms with van der Waals surface area (Å²) in [5, 5.41) is 8.93. The van der Waals surface area contributed by atoms with Crippen LogP contribution in [0.4, 0.5) is 13.2 Å². The molecule has 1 amide bonds. The zero-order valence-electron chi connectivity index (χ0n) is 16.5. The fraction of sp³-hybridized carbons (Fsp3) is 0.875. The van der Waals surface area contributed by atoms with E-state index in [1.54, 1.807) is 7.05 Å². The van der Waals surface area contributed by atoms with Crippen LogP contribution in [0.5, 0.6) is 0 Å². The second kappa shape index (κ2) is 10.8. The van der Waals surface area contributed by atoms with Crippen LogP contribution >= 0.6 is 0 Å². The molecule has 0 saturated carbocycles. The summed E-state index contributed by atoms with van der Waals surface area (Å²) in [6, 6.07) is 0.122. The number of sulfonamides is 1. The Bertz CT molecular complexity index is 632. The topological polar surface area (TPSA) is 103 Å². The third kappa shape index (κ3) is 7.46. The Balaban J connectivity index is 2.33. The summed E-state index contributed by atoms with van der Waals surface area (Å²) in [5.74, 6) is 0.462. The first-order chi connectivity index (χ1) is 13.0. The summed E-state index contributed by atoms with van der Waals surface area (Å²) in [6.45, 7) is 4.45. The molecule has 12 heteroatoms. The molecule has 1 heterocycles. The van der Waals surface area contributed by atoms with Crippen LogP contribution in [-0.2, 0) is 14.8 Å². The quantitative estimate of drug-likeness (QED) is 0.395. The van der Waals surface area contributed by atoms with Crippen molar-refractivity contribution in [2.45, 2.75) is 51.1 Å². The summed E-state index contributed by atoms with van der Waals surface area (Å²) in [5.41, 5.74) is -5.26. The smallest absolute Gasteiger partial charge is 0.356 e. The van der Waals surface area contributed by atoms with Crippen LogP contribution in [0.2, 0.25) is 0 Å². The Morgan fingerprint density at radius 1 is 1.25 bits per heavy atom. The molecule has 3 N–H and O–H groups in total. The molecule has 8 nitrogen and oxygen atoms in total. The van der Waals surface area contributed by atoms with Crippen LogP contribution in [-0.4, -0.2) is 69.4 Å². The Morgan fingerprint density at radius 3 is 2.36 bits per heavy atom. The van der Waals surface area contributed by atoms with E-state index in [-0.39, 0.29) is 31.0 Å². The van der Waals surface area contributed by atoms with E-state index in [1.165, 1.54) is 0 Å². The van der Waals surface area contributed by atoms with Crippen LogP contribution in [0.1, 0.15) is 39.5 Å². The van der Waals surface area contributed by atoms with Crippen LogP contribution < -0.4 is 16.0 Å². The van der Waals surface area contributed by atoms with Crippen LogP contribution in [0, 0.1) is 5.92 Å². The fourth-order valence-corrected chi connectivity index (χ4v) is 3.69. The number of piperidine rings is 1. The van der Waals surface area contributed by atoms with Crippen LogP contribution in [0.3, 0.4) is 0 Å². The average Bonchev–Trinajstić information content (AvgIpc) is 2.63. The van der Waals surface area contributed by atoms with E-state index in [0.29, 0.717) is 42.6 Å². The average molecular weight is 430 g/mol. The van der Waals surface area contributed by atoms with E-state index in [2.05, 4.69) is 20.9 Å². The van der Waals surface area contributed by atoms with Gasteiger partial charge < -0.3 is 16.0 Å². The number of halogens is 3. The Labute approximate surface area is 164 Å². The number of carbonyl (C=O) groups excluding carboxylic acids is 1. The van der Waals surface area contributed by atoms with Gasteiger partial charge in [0.25, 0.3) is 0 Å². The molecule has 1 rings (SSSR count). The second-order valence-electron chi connectivity index (χ2n) is 6.80. The highest BCUT2D eigenvalue weighted by molar-refractivity contribution is 7.90. The molecule has 28 heavy (non-hydrogen) atoms. The highest BCUT2D eigenvalue weighted by atomic mass is 32.2. The van der Waals surface area contributed by atoms with Crippen molar-refractivity contribution >= 4 is 21.9 Å². The van der Waals surface area contributed by atoms with Gasteiger partial charge in [-0.05, 0) is 32.1 Å². The fourth-order valence-electron chi connectivity index (χ4n) is 2.71. The molecule has 1 aliphatic rings. The molecule has 1 fully saturated rings. The molecular weight excluding hydrogens is 399 g/mol. The van der Waals surface area contributed by atoms with Crippen molar-refractivity contribution in [1.29, 1.82) is 0 Å². The largest absolute Gasteiger partial charge is 0.511 e. The van der Waals surface area contributed by atoms with E-state index in [1.807, 2.05) is 13.8 Å². The molecule has 0 aromatic rings. The molecule has 1 atom stereocenters. The van der Waals surface area contributed by atoms with Gasteiger partial charge in [0.05, 0.1) is 0 Å². The minimum absolute atomic E-state index is 0.0342. The second-order valence-corrected chi connectivity index (χ2v) is 8.73. The molecule has 0 aromatic heterocycles. The predicted octanol–water partition coefficient (Wildman–Crippen LogP) is 1.02. The zero-order valence-corrected chi connectivity index (χ0v) is 17.3. The third-order valence-electron chi connectivity index (χ3n) is 4.65. The lowest BCUT2D eigenvalue weighted by molar-refractivity contribution is -0.121. The standard InChI is InChI=1S/C16H30F3N5O3S/c1-4-12(2)23-14(25)5-8-21-15(20-3)22-11-13-6-9-24(10-7-13)28(26,27)16(17,18)19/h12-13H,4-11H2,1-3H3,(H,23,25)(H2,20,21,22). The molecule has 0 aliphatic carbocycles. The number of nitrogens with zero attached hydrogens (tertiary/aromatic N) is 2. The predicted molar refractivity (Wildman–Crippen MR) is 101 cm³/mol. The van der Waals surface area contributed by atoms with Crippen molar-refractivity contribution in [2.75, 3.05) is 33.2 Å². The lowest BCUT2D eigenvalue weighted by Gasteiger charge is -2.31. The Morgan fingerprint density at radius 2 is 1.86 bits per heavy atom. The lowest BCUT2D eigenvalue weighted by Crippen LogP contribution is -2.47. The number of rotatable bonds is 8. The molecule has 1 aliphatic heterocycles.